The molecule has 0 saturated carbocycles. The van der Waals surface area contributed by atoms with E-state index < -0.39 is 0 Å². The summed E-state index contributed by atoms with van der Waals surface area (Å²) < 4.78 is 14.1. The number of hydrogen-bond acceptors (Lipinski definition) is 4. The number of nitrogens with zero attached hydrogens (tertiary/aromatic N) is 3. The van der Waals surface area contributed by atoms with Gasteiger partial charge in [-0.25, -0.2) is 4.39 Å². The van der Waals surface area contributed by atoms with Crippen LogP contribution < -0.4 is 5.73 Å². The molecule has 6 heteroatoms. The summed E-state index contributed by atoms with van der Waals surface area (Å²) in [5, 5.41) is 11.5. The van der Waals surface area contributed by atoms with Crippen LogP contribution in [0.4, 0.5) is 4.39 Å². The van der Waals surface area contributed by atoms with Crippen molar-refractivity contribution in [2.45, 2.75) is 25.4 Å². The number of rotatable bonds is 4. The minimum absolute atomic E-state index is 0.0795. The first-order chi connectivity index (χ1) is 10.0. The quantitative estimate of drug-likeness (QED) is 0.382. The number of benzene rings is 1. The molecule has 21 heavy (non-hydrogen) atoms. The lowest BCUT2D eigenvalue weighted by molar-refractivity contribution is 0.138. The van der Waals surface area contributed by atoms with Crippen LogP contribution in [-0.2, 0) is 6.54 Å². The van der Waals surface area contributed by atoms with Crippen molar-refractivity contribution in [3.8, 4) is 0 Å². The van der Waals surface area contributed by atoms with Gasteiger partial charge in [0.15, 0.2) is 5.84 Å². The number of amidine groups is 1. The van der Waals surface area contributed by atoms with E-state index in [1.807, 2.05) is 7.05 Å². The maximum atomic E-state index is 14.1. The van der Waals surface area contributed by atoms with Gasteiger partial charge in [-0.2, -0.15) is 0 Å². The lowest BCUT2D eigenvalue weighted by Crippen LogP contribution is -2.41. The summed E-state index contributed by atoms with van der Waals surface area (Å²) in [4.78, 5) is 4.52. The summed E-state index contributed by atoms with van der Waals surface area (Å²) >= 11 is 0. The van der Waals surface area contributed by atoms with Crippen molar-refractivity contribution in [1.82, 2.24) is 9.80 Å². The highest BCUT2D eigenvalue weighted by molar-refractivity contribution is 5.97. The summed E-state index contributed by atoms with van der Waals surface area (Å²) in [6.07, 6.45) is 2.22. The van der Waals surface area contributed by atoms with Crippen LogP contribution in [0.3, 0.4) is 0 Å². The Balaban J connectivity index is 2.02. The first-order valence-corrected chi connectivity index (χ1v) is 7.16. The average Bonchev–Trinajstić information content (AvgIpc) is 2.49. The van der Waals surface area contributed by atoms with Gasteiger partial charge in [0.25, 0.3) is 0 Å². The SMILES string of the molecule is CN1CCC(N(C)Cc2ccc(/C(N)=N/O)cc2F)CC1. The van der Waals surface area contributed by atoms with Gasteiger partial charge in [-0.05, 0) is 46.1 Å². The Morgan fingerprint density at radius 1 is 1.48 bits per heavy atom. The molecule has 0 radical (unpaired) electrons. The second-order valence-corrected chi connectivity index (χ2v) is 5.74. The van der Waals surface area contributed by atoms with Gasteiger partial charge in [-0.3, -0.25) is 4.90 Å². The molecule has 2 rings (SSSR count). The van der Waals surface area contributed by atoms with Crippen LogP contribution in [0.5, 0.6) is 0 Å². The molecule has 5 nitrogen and oxygen atoms in total. The minimum atomic E-state index is -0.320. The molecule has 1 aliphatic heterocycles. The van der Waals surface area contributed by atoms with Crippen molar-refractivity contribution in [1.29, 1.82) is 0 Å². The first-order valence-electron chi connectivity index (χ1n) is 7.16. The van der Waals surface area contributed by atoms with E-state index >= 15 is 0 Å². The molecule has 0 amide bonds. The minimum Gasteiger partial charge on any atom is -0.409 e. The molecule has 1 heterocycles. The van der Waals surface area contributed by atoms with E-state index in [0.29, 0.717) is 23.7 Å². The summed E-state index contributed by atoms with van der Waals surface area (Å²) in [5.41, 5.74) is 6.48. The van der Waals surface area contributed by atoms with Gasteiger partial charge in [0.05, 0.1) is 0 Å². The van der Waals surface area contributed by atoms with E-state index in [1.165, 1.54) is 6.07 Å². The van der Waals surface area contributed by atoms with E-state index in [2.05, 4.69) is 22.0 Å². The summed E-state index contributed by atoms with van der Waals surface area (Å²) in [6, 6.07) is 5.18. The van der Waals surface area contributed by atoms with Crippen molar-refractivity contribution < 1.29 is 9.60 Å². The Bertz CT molecular complexity index is 512. The van der Waals surface area contributed by atoms with Gasteiger partial charge >= 0.3 is 0 Å². The van der Waals surface area contributed by atoms with E-state index in [0.717, 1.165) is 25.9 Å². The number of oxime groups is 1. The Kier molecular flexibility index (Phi) is 5.14. The largest absolute Gasteiger partial charge is 0.409 e. The number of likely N-dealkylation sites (tertiary alicyclic amines) is 1. The lowest BCUT2D eigenvalue weighted by atomic mass is 10.0. The van der Waals surface area contributed by atoms with Gasteiger partial charge in [-0.1, -0.05) is 17.3 Å². The standard InChI is InChI=1S/C15H23FN4O/c1-19-7-5-13(6-8-19)20(2)10-12-4-3-11(9-14(12)16)15(17)18-21/h3-4,9,13,21H,5-8,10H2,1-2H3,(H2,17,18). The predicted molar refractivity (Wildman–Crippen MR) is 80.9 cm³/mol. The Labute approximate surface area is 124 Å². The summed E-state index contributed by atoms with van der Waals surface area (Å²) in [7, 11) is 4.16. The Hall–Kier alpha value is -1.66. The molecule has 0 spiro atoms. The third-order valence-electron chi connectivity index (χ3n) is 4.19. The highest BCUT2D eigenvalue weighted by atomic mass is 19.1. The van der Waals surface area contributed by atoms with Crippen LogP contribution in [0.1, 0.15) is 24.0 Å². The maximum absolute atomic E-state index is 14.1. The third-order valence-corrected chi connectivity index (χ3v) is 4.19. The van der Waals surface area contributed by atoms with Gasteiger partial charge < -0.3 is 15.8 Å². The molecule has 0 aliphatic carbocycles. The lowest BCUT2D eigenvalue weighted by Gasteiger charge is -2.35. The molecular weight excluding hydrogens is 271 g/mol. The van der Waals surface area contributed by atoms with Crippen LogP contribution in [0.15, 0.2) is 23.4 Å². The number of piperidine rings is 1. The molecule has 0 atom stereocenters. The topological polar surface area (TPSA) is 65.1 Å². The molecule has 1 aromatic rings. The number of nitrogens with two attached hydrogens (primary N) is 1. The molecule has 116 valence electrons. The fourth-order valence-corrected chi connectivity index (χ4v) is 2.73. The normalized spacial score (nSPS) is 18.4. The third kappa shape index (κ3) is 3.92. The highest BCUT2D eigenvalue weighted by Gasteiger charge is 2.21. The van der Waals surface area contributed by atoms with Gasteiger partial charge in [0, 0.05) is 23.7 Å². The molecule has 1 saturated heterocycles. The zero-order chi connectivity index (χ0) is 15.4. The molecule has 3 N–H and O–H groups in total. The number of halogens is 1. The predicted octanol–water partition coefficient (Wildman–Crippen LogP) is 1.45. The summed E-state index contributed by atoms with van der Waals surface area (Å²) in [5.74, 6) is -0.400. The Morgan fingerprint density at radius 3 is 2.71 bits per heavy atom. The molecule has 0 unspecified atom stereocenters. The van der Waals surface area contributed by atoms with Gasteiger partial charge in [-0.15, -0.1) is 0 Å². The smallest absolute Gasteiger partial charge is 0.170 e. The second-order valence-electron chi connectivity index (χ2n) is 5.74. The molecule has 0 aromatic heterocycles. The van der Waals surface area contributed by atoms with Crippen molar-refractivity contribution in [2.24, 2.45) is 10.9 Å². The molecule has 0 bridgehead atoms. The van der Waals surface area contributed by atoms with E-state index in [9.17, 15) is 4.39 Å². The van der Waals surface area contributed by atoms with Crippen molar-refractivity contribution >= 4 is 5.84 Å². The highest BCUT2D eigenvalue weighted by Crippen LogP contribution is 2.18. The van der Waals surface area contributed by atoms with Gasteiger partial charge in [0.1, 0.15) is 5.82 Å². The van der Waals surface area contributed by atoms with Crippen molar-refractivity contribution in [3.05, 3.63) is 35.1 Å². The van der Waals surface area contributed by atoms with Crippen molar-refractivity contribution in [2.75, 3.05) is 27.2 Å². The second kappa shape index (κ2) is 6.87. The fourth-order valence-electron chi connectivity index (χ4n) is 2.73. The molecule has 1 fully saturated rings. The molecule has 1 aromatic carbocycles. The van der Waals surface area contributed by atoms with Crippen LogP contribution in [0, 0.1) is 5.82 Å². The van der Waals surface area contributed by atoms with E-state index in [1.54, 1.807) is 12.1 Å². The zero-order valence-electron chi connectivity index (χ0n) is 12.6. The van der Waals surface area contributed by atoms with Crippen LogP contribution >= 0.6 is 0 Å². The first kappa shape index (κ1) is 15.7. The Morgan fingerprint density at radius 2 is 2.14 bits per heavy atom. The van der Waals surface area contributed by atoms with Gasteiger partial charge in [0.2, 0.25) is 0 Å². The van der Waals surface area contributed by atoms with Crippen molar-refractivity contribution in [3.63, 3.8) is 0 Å². The zero-order valence-corrected chi connectivity index (χ0v) is 12.6. The van der Waals surface area contributed by atoms with Crippen LogP contribution in [0.2, 0.25) is 0 Å². The fraction of sp³-hybridized carbons (Fsp3) is 0.533. The van der Waals surface area contributed by atoms with E-state index in [4.69, 9.17) is 10.9 Å². The molecule has 1 aliphatic rings. The summed E-state index contributed by atoms with van der Waals surface area (Å²) in [6.45, 7) is 2.73. The van der Waals surface area contributed by atoms with E-state index in [-0.39, 0.29) is 11.7 Å². The van der Waals surface area contributed by atoms with Crippen LogP contribution in [0.25, 0.3) is 0 Å². The maximum Gasteiger partial charge on any atom is 0.170 e. The van der Waals surface area contributed by atoms with Crippen LogP contribution in [-0.4, -0.2) is 54.1 Å². The average molecular weight is 294 g/mol. The monoisotopic (exact) mass is 294 g/mol. The number of hydrogen-bond donors (Lipinski definition) is 2. The molecular formula is C15H23FN4O.